The molecule has 5 heteroatoms. The fourth-order valence-electron chi connectivity index (χ4n) is 1.74. The minimum atomic E-state index is -2.11. The van der Waals surface area contributed by atoms with Gasteiger partial charge in [-0.2, -0.15) is 0 Å². The van der Waals surface area contributed by atoms with Crippen molar-refractivity contribution in [2.24, 2.45) is 0 Å². The molecule has 0 unspecified atom stereocenters. The highest BCUT2D eigenvalue weighted by atomic mass is 28.4. The topological polar surface area (TPSA) is 35.5 Å². The quantitative estimate of drug-likeness (QED) is 0.416. The van der Waals surface area contributed by atoms with Crippen LogP contribution in [0.3, 0.4) is 0 Å². The summed E-state index contributed by atoms with van der Waals surface area (Å²) in [5.74, 6) is 0.550. The van der Waals surface area contributed by atoms with E-state index in [0.717, 1.165) is 11.3 Å². The molecule has 0 aromatic heterocycles. The van der Waals surface area contributed by atoms with Gasteiger partial charge in [0.15, 0.2) is 0 Å². The highest BCUT2D eigenvalue weighted by Crippen LogP contribution is 2.39. The van der Waals surface area contributed by atoms with Gasteiger partial charge >= 0.3 is 5.97 Å². The molecule has 0 radical (unpaired) electrons. The molecule has 3 nitrogen and oxygen atoms in total. The SMILES string of the molecule is CC(C)(C)[Si](C)(C)OC(=O)/C=C/c1ccccc1O[Si](C)(C)C(C)(C)C. The van der Waals surface area contributed by atoms with E-state index in [4.69, 9.17) is 8.85 Å². The van der Waals surface area contributed by atoms with Gasteiger partial charge in [-0.05, 0) is 48.4 Å². The first-order valence-electron chi connectivity index (χ1n) is 9.26. The van der Waals surface area contributed by atoms with E-state index in [0.29, 0.717) is 0 Å². The van der Waals surface area contributed by atoms with Gasteiger partial charge < -0.3 is 8.85 Å². The molecule has 1 rings (SSSR count). The third-order valence-corrected chi connectivity index (χ3v) is 14.3. The molecule has 26 heavy (non-hydrogen) atoms. The number of carbonyl (C=O) groups is 1. The van der Waals surface area contributed by atoms with Crippen molar-refractivity contribution in [2.45, 2.75) is 77.8 Å². The molecule has 1 aromatic carbocycles. The number of rotatable bonds is 5. The number of hydrogen-bond acceptors (Lipinski definition) is 3. The van der Waals surface area contributed by atoms with E-state index in [1.165, 1.54) is 6.08 Å². The standard InChI is InChI=1S/C21H36O3Si2/c1-20(2,3)25(7,8)23-18-14-12-11-13-17(18)15-16-19(22)24-26(9,10)21(4,5)6/h11-16H,1-10H3/b16-15+. The first-order chi connectivity index (χ1) is 11.6. The lowest BCUT2D eigenvalue weighted by atomic mass is 10.2. The van der Waals surface area contributed by atoms with Crippen LogP contribution in [0.4, 0.5) is 0 Å². The minimum Gasteiger partial charge on any atom is -0.543 e. The smallest absolute Gasteiger partial charge is 0.317 e. The molecular formula is C21H36O3Si2. The Morgan fingerprint density at radius 1 is 0.885 bits per heavy atom. The molecule has 0 aliphatic rings. The summed E-state index contributed by atoms with van der Waals surface area (Å²) in [6.45, 7) is 21.6. The Labute approximate surface area is 162 Å². The molecule has 1 aromatic rings. The molecule has 0 aliphatic heterocycles. The van der Waals surface area contributed by atoms with Crippen LogP contribution in [0, 0.1) is 0 Å². The molecule has 0 saturated carbocycles. The molecular weight excluding hydrogens is 356 g/mol. The van der Waals surface area contributed by atoms with Gasteiger partial charge in [-0.1, -0.05) is 59.7 Å². The Hall–Kier alpha value is -1.34. The van der Waals surface area contributed by atoms with E-state index in [1.807, 2.05) is 24.3 Å². The van der Waals surface area contributed by atoms with Crippen LogP contribution in [0.25, 0.3) is 6.08 Å². The zero-order valence-corrected chi connectivity index (χ0v) is 20.2. The lowest BCUT2D eigenvalue weighted by molar-refractivity contribution is -0.129. The highest BCUT2D eigenvalue weighted by molar-refractivity contribution is 6.75. The number of carbonyl (C=O) groups excluding carboxylic acids is 1. The molecule has 0 N–H and O–H groups in total. The monoisotopic (exact) mass is 392 g/mol. The fraction of sp³-hybridized carbons (Fsp3) is 0.571. The Balaban J connectivity index is 2.99. The molecule has 0 aliphatic carbocycles. The predicted octanol–water partition coefficient (Wildman–Crippen LogP) is 6.63. The van der Waals surface area contributed by atoms with Crippen molar-refractivity contribution in [1.82, 2.24) is 0 Å². The van der Waals surface area contributed by atoms with Crippen LogP contribution >= 0.6 is 0 Å². The van der Waals surface area contributed by atoms with Gasteiger partial charge in [0.05, 0.1) is 0 Å². The van der Waals surface area contributed by atoms with E-state index < -0.39 is 16.6 Å². The van der Waals surface area contributed by atoms with Crippen LogP contribution in [-0.4, -0.2) is 22.6 Å². The number of benzene rings is 1. The van der Waals surface area contributed by atoms with Crippen molar-refractivity contribution in [2.75, 3.05) is 0 Å². The van der Waals surface area contributed by atoms with Gasteiger partial charge in [-0.15, -0.1) is 0 Å². The summed E-state index contributed by atoms with van der Waals surface area (Å²) in [7, 11) is -4.05. The van der Waals surface area contributed by atoms with E-state index in [-0.39, 0.29) is 16.0 Å². The number of para-hydroxylation sites is 1. The van der Waals surface area contributed by atoms with Crippen LogP contribution in [0.15, 0.2) is 30.3 Å². The molecule has 0 saturated heterocycles. The summed E-state index contributed by atoms with van der Waals surface area (Å²) >= 11 is 0. The van der Waals surface area contributed by atoms with Gasteiger partial charge in [0.2, 0.25) is 0 Å². The van der Waals surface area contributed by atoms with E-state index in [9.17, 15) is 4.79 Å². The summed E-state index contributed by atoms with van der Waals surface area (Å²) in [5, 5.41) is 0.116. The Kier molecular flexibility index (Phi) is 6.75. The van der Waals surface area contributed by atoms with Crippen molar-refractivity contribution in [3.63, 3.8) is 0 Å². The maximum Gasteiger partial charge on any atom is 0.317 e. The summed E-state index contributed by atoms with van der Waals surface area (Å²) in [4.78, 5) is 12.3. The molecule has 0 fully saturated rings. The van der Waals surface area contributed by atoms with Crippen LogP contribution in [0.5, 0.6) is 5.75 Å². The van der Waals surface area contributed by atoms with Gasteiger partial charge in [0.1, 0.15) is 5.75 Å². The first-order valence-corrected chi connectivity index (χ1v) is 15.1. The van der Waals surface area contributed by atoms with Gasteiger partial charge in [-0.3, -0.25) is 0 Å². The molecule has 0 bridgehead atoms. The third-order valence-electron chi connectivity index (χ3n) is 5.65. The van der Waals surface area contributed by atoms with Crippen molar-refractivity contribution in [1.29, 1.82) is 0 Å². The van der Waals surface area contributed by atoms with Gasteiger partial charge in [0.25, 0.3) is 16.6 Å². The van der Waals surface area contributed by atoms with Gasteiger partial charge in [-0.25, -0.2) is 4.79 Å². The average Bonchev–Trinajstić information content (AvgIpc) is 2.43. The lowest BCUT2D eigenvalue weighted by Crippen LogP contribution is -2.44. The molecule has 146 valence electrons. The van der Waals surface area contributed by atoms with Crippen molar-refractivity contribution in [3.8, 4) is 5.75 Å². The zero-order valence-electron chi connectivity index (χ0n) is 18.2. The Morgan fingerprint density at radius 3 is 1.88 bits per heavy atom. The first kappa shape index (κ1) is 22.7. The lowest BCUT2D eigenvalue weighted by Gasteiger charge is -2.37. The molecule has 0 atom stereocenters. The number of hydrogen-bond donors (Lipinski definition) is 0. The van der Waals surface area contributed by atoms with Crippen molar-refractivity contribution < 1.29 is 13.6 Å². The Bertz CT molecular complexity index is 663. The average molecular weight is 393 g/mol. The largest absolute Gasteiger partial charge is 0.543 e. The summed E-state index contributed by atoms with van der Waals surface area (Å²) in [5.41, 5.74) is 0.907. The maximum absolute atomic E-state index is 12.3. The second-order valence-electron chi connectivity index (χ2n) is 9.91. The molecule has 0 amide bonds. The fourth-order valence-corrected chi connectivity index (χ4v) is 3.65. The van der Waals surface area contributed by atoms with Crippen LogP contribution in [0.1, 0.15) is 47.1 Å². The van der Waals surface area contributed by atoms with E-state index in [1.54, 1.807) is 6.08 Å². The second kappa shape index (κ2) is 7.73. The molecule has 0 spiro atoms. The van der Waals surface area contributed by atoms with Crippen LogP contribution in [0.2, 0.25) is 36.3 Å². The van der Waals surface area contributed by atoms with Crippen molar-refractivity contribution >= 4 is 28.7 Å². The zero-order chi connectivity index (χ0) is 20.4. The van der Waals surface area contributed by atoms with E-state index in [2.05, 4.69) is 67.7 Å². The molecule has 0 heterocycles. The van der Waals surface area contributed by atoms with Crippen LogP contribution < -0.4 is 4.43 Å². The van der Waals surface area contributed by atoms with Crippen molar-refractivity contribution in [3.05, 3.63) is 35.9 Å². The minimum absolute atomic E-state index is 0.000148. The summed E-state index contributed by atoms with van der Waals surface area (Å²) < 4.78 is 12.2. The normalized spacial score (nSPS) is 13.8. The second-order valence-corrected chi connectivity index (χ2v) is 19.4. The summed E-state index contributed by atoms with van der Waals surface area (Å²) in [6, 6.07) is 7.86. The Morgan fingerprint density at radius 2 is 1.38 bits per heavy atom. The highest BCUT2D eigenvalue weighted by Gasteiger charge is 2.40. The summed E-state index contributed by atoms with van der Waals surface area (Å²) in [6.07, 6.45) is 3.33. The van der Waals surface area contributed by atoms with E-state index >= 15 is 0 Å². The van der Waals surface area contributed by atoms with Gasteiger partial charge in [0, 0.05) is 11.6 Å². The maximum atomic E-state index is 12.3. The predicted molar refractivity (Wildman–Crippen MR) is 117 cm³/mol. The van der Waals surface area contributed by atoms with Crippen LogP contribution in [-0.2, 0) is 9.22 Å². The third kappa shape index (κ3) is 5.84.